The van der Waals surface area contributed by atoms with Crippen molar-refractivity contribution < 1.29 is 19.1 Å². The molecule has 1 saturated heterocycles. The molecule has 0 atom stereocenters. The van der Waals surface area contributed by atoms with E-state index in [0.29, 0.717) is 36.2 Å². The Morgan fingerprint density at radius 3 is 2.92 bits per heavy atom. The van der Waals surface area contributed by atoms with Gasteiger partial charge in [-0.3, -0.25) is 14.5 Å². The topological polar surface area (TPSA) is 87.7 Å². The van der Waals surface area contributed by atoms with Gasteiger partial charge in [0.15, 0.2) is 0 Å². The lowest BCUT2D eigenvalue weighted by atomic mass is 10.1. The fraction of sp³-hybridized carbons (Fsp3) is 0.562. The molecule has 24 heavy (non-hydrogen) atoms. The van der Waals surface area contributed by atoms with Gasteiger partial charge in [-0.05, 0) is 36.6 Å². The molecule has 1 aromatic rings. The third-order valence-corrected chi connectivity index (χ3v) is 4.97. The van der Waals surface area contributed by atoms with E-state index < -0.39 is 0 Å². The number of hydrogen-bond acceptors (Lipinski definition) is 6. The quantitative estimate of drug-likeness (QED) is 0.751. The normalized spacial score (nSPS) is 18.1. The summed E-state index contributed by atoms with van der Waals surface area (Å²) in [6, 6.07) is 0. The van der Waals surface area contributed by atoms with Crippen LogP contribution in [-0.2, 0) is 14.3 Å². The smallest absolute Gasteiger partial charge is 0.341 e. The second kappa shape index (κ2) is 7.31. The number of hydrogen-bond donors (Lipinski definition) is 2. The highest BCUT2D eigenvalue weighted by atomic mass is 32.1. The molecule has 2 amide bonds. The maximum atomic E-state index is 12.3. The third kappa shape index (κ3) is 3.93. The summed E-state index contributed by atoms with van der Waals surface area (Å²) in [6.45, 7) is 3.60. The molecule has 3 rings (SSSR count). The van der Waals surface area contributed by atoms with Gasteiger partial charge in [0.1, 0.15) is 5.00 Å². The third-order valence-electron chi connectivity index (χ3n) is 4.05. The van der Waals surface area contributed by atoms with Gasteiger partial charge in [0.2, 0.25) is 11.8 Å². The average Bonchev–Trinajstić information content (AvgIpc) is 3.29. The number of piperazine rings is 1. The summed E-state index contributed by atoms with van der Waals surface area (Å²) < 4.78 is 5.14. The second-order valence-corrected chi connectivity index (χ2v) is 6.88. The Kier molecular flexibility index (Phi) is 5.15. The first-order valence-electron chi connectivity index (χ1n) is 8.16. The van der Waals surface area contributed by atoms with E-state index >= 15 is 0 Å². The van der Waals surface area contributed by atoms with E-state index in [-0.39, 0.29) is 30.9 Å². The molecule has 0 unspecified atom stereocenters. The summed E-state index contributed by atoms with van der Waals surface area (Å²) in [7, 11) is 0. The first kappa shape index (κ1) is 16.9. The fourth-order valence-electron chi connectivity index (χ4n) is 2.77. The summed E-state index contributed by atoms with van der Waals surface area (Å²) in [6.07, 6.45) is 2.14. The Bertz CT molecular complexity index is 654. The molecule has 1 aromatic heterocycles. The lowest BCUT2D eigenvalue weighted by Gasteiger charge is -2.25. The van der Waals surface area contributed by atoms with Crippen LogP contribution in [0.2, 0.25) is 0 Å². The van der Waals surface area contributed by atoms with Crippen molar-refractivity contribution in [2.45, 2.75) is 25.7 Å². The van der Waals surface area contributed by atoms with E-state index in [1.165, 1.54) is 11.3 Å². The van der Waals surface area contributed by atoms with Gasteiger partial charge in [-0.15, -0.1) is 11.3 Å². The van der Waals surface area contributed by atoms with Crippen LogP contribution in [0.1, 0.15) is 41.6 Å². The van der Waals surface area contributed by atoms with Crippen LogP contribution in [0.4, 0.5) is 5.00 Å². The van der Waals surface area contributed by atoms with Crippen LogP contribution >= 0.6 is 11.3 Å². The Morgan fingerprint density at radius 2 is 2.25 bits per heavy atom. The number of rotatable bonds is 6. The molecule has 1 aliphatic heterocycles. The second-order valence-electron chi connectivity index (χ2n) is 6.00. The highest BCUT2D eigenvalue weighted by Crippen LogP contribution is 2.46. The number of nitrogens with one attached hydrogen (secondary N) is 2. The van der Waals surface area contributed by atoms with Gasteiger partial charge in [-0.2, -0.15) is 0 Å². The van der Waals surface area contributed by atoms with E-state index in [0.717, 1.165) is 18.4 Å². The molecule has 1 saturated carbocycles. The van der Waals surface area contributed by atoms with Crippen LogP contribution < -0.4 is 10.6 Å². The minimum atomic E-state index is -0.381. The lowest BCUT2D eigenvalue weighted by Crippen LogP contribution is -2.49. The summed E-state index contributed by atoms with van der Waals surface area (Å²) in [4.78, 5) is 37.7. The zero-order chi connectivity index (χ0) is 17.1. The molecule has 0 spiro atoms. The molecule has 0 aromatic carbocycles. The Morgan fingerprint density at radius 1 is 1.46 bits per heavy atom. The van der Waals surface area contributed by atoms with Crippen molar-refractivity contribution in [2.75, 3.05) is 38.1 Å². The van der Waals surface area contributed by atoms with Gasteiger partial charge < -0.3 is 15.4 Å². The number of esters is 1. The highest BCUT2D eigenvalue weighted by Gasteiger charge is 2.32. The van der Waals surface area contributed by atoms with Crippen LogP contribution in [0, 0.1) is 0 Å². The SMILES string of the molecule is CCOC(=O)c1c(C2CC2)csc1NC(=O)CN1CCNC(=O)C1. The van der Waals surface area contributed by atoms with Crippen LogP contribution in [-0.4, -0.2) is 55.5 Å². The van der Waals surface area contributed by atoms with E-state index in [2.05, 4.69) is 10.6 Å². The molecule has 2 heterocycles. The Hall–Kier alpha value is -1.93. The van der Waals surface area contributed by atoms with Gasteiger partial charge in [-0.25, -0.2) is 4.79 Å². The molecular weight excluding hydrogens is 330 g/mol. The summed E-state index contributed by atoms with van der Waals surface area (Å²) in [5.41, 5.74) is 1.47. The van der Waals surface area contributed by atoms with Gasteiger partial charge in [0.25, 0.3) is 0 Å². The maximum Gasteiger partial charge on any atom is 0.341 e. The average molecular weight is 351 g/mol. The molecule has 2 fully saturated rings. The number of carbonyl (C=O) groups is 3. The molecule has 0 bridgehead atoms. The number of amides is 2. The van der Waals surface area contributed by atoms with Crippen molar-refractivity contribution in [3.05, 3.63) is 16.5 Å². The maximum absolute atomic E-state index is 12.3. The number of ether oxygens (including phenoxy) is 1. The molecule has 2 aliphatic rings. The Labute approximate surface area is 144 Å². The molecular formula is C16H21N3O4S. The van der Waals surface area contributed by atoms with E-state index in [9.17, 15) is 14.4 Å². The zero-order valence-corrected chi connectivity index (χ0v) is 14.4. The molecule has 2 N–H and O–H groups in total. The molecule has 0 radical (unpaired) electrons. The van der Waals surface area contributed by atoms with Gasteiger partial charge in [0, 0.05) is 13.1 Å². The van der Waals surface area contributed by atoms with Crippen LogP contribution in [0.25, 0.3) is 0 Å². The molecule has 130 valence electrons. The van der Waals surface area contributed by atoms with E-state index in [4.69, 9.17) is 4.74 Å². The number of carbonyl (C=O) groups excluding carboxylic acids is 3. The van der Waals surface area contributed by atoms with Crippen molar-refractivity contribution in [2.24, 2.45) is 0 Å². The van der Waals surface area contributed by atoms with Crippen molar-refractivity contribution in [1.82, 2.24) is 10.2 Å². The van der Waals surface area contributed by atoms with Gasteiger partial charge in [-0.1, -0.05) is 0 Å². The van der Waals surface area contributed by atoms with Gasteiger partial charge in [0.05, 0.1) is 25.3 Å². The van der Waals surface area contributed by atoms with Crippen molar-refractivity contribution in [3.8, 4) is 0 Å². The molecule has 1 aliphatic carbocycles. The van der Waals surface area contributed by atoms with Gasteiger partial charge >= 0.3 is 5.97 Å². The van der Waals surface area contributed by atoms with Crippen LogP contribution in [0.15, 0.2) is 5.38 Å². The predicted octanol–water partition coefficient (Wildman–Crippen LogP) is 1.17. The molecule has 8 heteroatoms. The van der Waals surface area contributed by atoms with Crippen molar-refractivity contribution >= 4 is 34.1 Å². The predicted molar refractivity (Wildman–Crippen MR) is 90.3 cm³/mol. The largest absolute Gasteiger partial charge is 0.462 e. The number of anilines is 1. The number of nitrogens with zero attached hydrogens (tertiary/aromatic N) is 1. The summed E-state index contributed by atoms with van der Waals surface area (Å²) in [5, 5.41) is 8.03. The van der Waals surface area contributed by atoms with E-state index in [1.54, 1.807) is 11.8 Å². The summed E-state index contributed by atoms with van der Waals surface area (Å²) in [5.74, 6) is -0.279. The minimum Gasteiger partial charge on any atom is -0.462 e. The monoisotopic (exact) mass is 351 g/mol. The summed E-state index contributed by atoms with van der Waals surface area (Å²) >= 11 is 1.36. The first-order valence-corrected chi connectivity index (χ1v) is 9.03. The lowest BCUT2D eigenvalue weighted by molar-refractivity contribution is -0.125. The first-order chi connectivity index (χ1) is 11.6. The zero-order valence-electron chi connectivity index (χ0n) is 13.6. The Balaban J connectivity index is 1.68. The van der Waals surface area contributed by atoms with Crippen LogP contribution in [0.5, 0.6) is 0 Å². The van der Waals surface area contributed by atoms with Crippen molar-refractivity contribution in [3.63, 3.8) is 0 Å². The standard InChI is InChI=1S/C16H21N3O4S/c1-2-23-16(22)14-11(10-3-4-10)9-24-15(14)18-13(21)8-19-6-5-17-12(20)7-19/h9-10H,2-8H2,1H3,(H,17,20)(H,18,21). The van der Waals surface area contributed by atoms with Crippen molar-refractivity contribution in [1.29, 1.82) is 0 Å². The minimum absolute atomic E-state index is 0.0756. The fourth-order valence-corrected chi connectivity index (χ4v) is 3.81. The highest BCUT2D eigenvalue weighted by molar-refractivity contribution is 7.15. The number of thiophene rings is 1. The van der Waals surface area contributed by atoms with Crippen LogP contribution in [0.3, 0.4) is 0 Å². The van der Waals surface area contributed by atoms with E-state index in [1.807, 2.05) is 5.38 Å². The molecule has 7 nitrogen and oxygen atoms in total.